The lowest BCUT2D eigenvalue weighted by Gasteiger charge is -2.11. The van der Waals surface area contributed by atoms with Crippen molar-refractivity contribution >= 4 is 57.8 Å². The summed E-state index contributed by atoms with van der Waals surface area (Å²) >= 11 is 8.35. The Bertz CT molecular complexity index is 858. The van der Waals surface area contributed by atoms with Crippen molar-refractivity contribution in [3.8, 4) is 0 Å². The van der Waals surface area contributed by atoms with E-state index in [1.165, 1.54) is 0 Å². The van der Waals surface area contributed by atoms with Crippen LogP contribution in [0.2, 0.25) is 5.02 Å². The first-order valence-corrected chi connectivity index (χ1v) is 8.65. The first-order valence-electron chi connectivity index (χ1n) is 7.19. The summed E-state index contributed by atoms with van der Waals surface area (Å²) < 4.78 is 6.27. The van der Waals surface area contributed by atoms with Gasteiger partial charge in [-0.2, -0.15) is 0 Å². The van der Waals surface area contributed by atoms with Crippen LogP contribution in [-0.4, -0.2) is 26.0 Å². The fraction of sp³-hybridized carbons (Fsp3) is 0.111. The molecule has 0 atom stereocenters. The lowest BCUT2D eigenvalue weighted by molar-refractivity contribution is -0.129. The summed E-state index contributed by atoms with van der Waals surface area (Å²) in [4.78, 5) is 18.4. The molecule has 0 amide bonds. The number of hydrogen-bond donors (Lipinski definition) is 0. The Balaban J connectivity index is 1.92. The molecule has 0 N–H and O–H groups in total. The molecular weight excluding hydrogens is 439 g/mol. The van der Waals surface area contributed by atoms with Gasteiger partial charge in [-0.1, -0.05) is 23.7 Å². The summed E-state index contributed by atoms with van der Waals surface area (Å²) in [5.41, 5.74) is 2.84. The van der Waals surface area contributed by atoms with Crippen LogP contribution in [0.25, 0.3) is 6.08 Å². The van der Waals surface area contributed by atoms with Crippen LogP contribution >= 0.6 is 34.2 Å². The van der Waals surface area contributed by atoms with Crippen molar-refractivity contribution in [1.82, 2.24) is 0 Å². The van der Waals surface area contributed by atoms with Gasteiger partial charge in [0.25, 0.3) is 0 Å². The number of nitrogens with zero attached hydrogens (tertiary/aromatic N) is 2. The molecule has 0 fully saturated rings. The van der Waals surface area contributed by atoms with Gasteiger partial charge in [-0.25, -0.2) is 9.79 Å². The van der Waals surface area contributed by atoms with E-state index in [9.17, 15) is 4.79 Å². The Hall–Kier alpha value is -1.86. The van der Waals surface area contributed by atoms with Gasteiger partial charge in [0.1, 0.15) is 0 Å². The number of cyclic esters (lactones) is 1. The fourth-order valence-corrected chi connectivity index (χ4v) is 2.90. The number of rotatable bonds is 3. The predicted molar refractivity (Wildman–Crippen MR) is 106 cm³/mol. The summed E-state index contributed by atoms with van der Waals surface area (Å²) in [5.74, 6) is -0.240. The monoisotopic (exact) mass is 452 g/mol. The Morgan fingerprint density at radius 2 is 1.88 bits per heavy atom. The zero-order chi connectivity index (χ0) is 17.3. The molecule has 1 heterocycles. The van der Waals surface area contributed by atoms with Crippen LogP contribution in [0.15, 0.2) is 53.2 Å². The number of halogens is 2. The van der Waals surface area contributed by atoms with Crippen LogP contribution in [0.1, 0.15) is 11.1 Å². The number of esters is 1. The van der Waals surface area contributed by atoms with Crippen molar-refractivity contribution in [1.29, 1.82) is 0 Å². The molecule has 6 heteroatoms. The van der Waals surface area contributed by atoms with Crippen LogP contribution in [0.4, 0.5) is 5.69 Å². The van der Waals surface area contributed by atoms with Gasteiger partial charge in [-0.15, -0.1) is 0 Å². The lowest BCUT2D eigenvalue weighted by Crippen LogP contribution is -2.08. The lowest BCUT2D eigenvalue weighted by atomic mass is 10.1. The van der Waals surface area contributed by atoms with E-state index in [1.54, 1.807) is 12.1 Å². The predicted octanol–water partition coefficient (Wildman–Crippen LogP) is 4.36. The van der Waals surface area contributed by atoms with Crippen molar-refractivity contribution < 1.29 is 9.53 Å². The molecule has 0 bridgehead atoms. The molecule has 0 spiro atoms. The van der Waals surface area contributed by atoms with E-state index >= 15 is 0 Å². The van der Waals surface area contributed by atoms with Gasteiger partial charge in [0.2, 0.25) is 5.90 Å². The average Bonchev–Trinajstić information content (AvgIpc) is 2.91. The molecule has 0 unspecified atom stereocenters. The molecule has 0 aliphatic carbocycles. The molecule has 2 aromatic carbocycles. The van der Waals surface area contributed by atoms with Gasteiger partial charge < -0.3 is 9.64 Å². The smallest absolute Gasteiger partial charge is 0.363 e. The SMILES string of the molecule is CN(C)c1ccc(/C=C2/N=C(c3cc(I)ccc3Cl)OC2=O)cc1. The van der Waals surface area contributed by atoms with E-state index in [4.69, 9.17) is 16.3 Å². The van der Waals surface area contributed by atoms with E-state index < -0.39 is 5.97 Å². The molecule has 122 valence electrons. The number of carbonyl (C=O) groups is 1. The maximum atomic E-state index is 12.1. The number of ether oxygens (including phenoxy) is 1. The van der Waals surface area contributed by atoms with Crippen LogP contribution in [-0.2, 0) is 9.53 Å². The third-order valence-electron chi connectivity index (χ3n) is 3.49. The van der Waals surface area contributed by atoms with Crippen molar-refractivity contribution in [2.75, 3.05) is 19.0 Å². The highest BCUT2D eigenvalue weighted by atomic mass is 127. The van der Waals surface area contributed by atoms with E-state index in [2.05, 4.69) is 27.6 Å². The van der Waals surface area contributed by atoms with Crippen molar-refractivity contribution in [2.45, 2.75) is 0 Å². The fourth-order valence-electron chi connectivity index (χ4n) is 2.21. The second-order valence-corrected chi connectivity index (χ2v) is 7.10. The topological polar surface area (TPSA) is 41.9 Å². The van der Waals surface area contributed by atoms with Gasteiger partial charge in [-0.05, 0) is 64.6 Å². The molecule has 0 saturated carbocycles. The van der Waals surface area contributed by atoms with Gasteiger partial charge in [-0.3, -0.25) is 0 Å². The third-order valence-corrected chi connectivity index (χ3v) is 4.49. The van der Waals surface area contributed by atoms with Crippen LogP contribution in [0.5, 0.6) is 0 Å². The van der Waals surface area contributed by atoms with Crippen LogP contribution in [0.3, 0.4) is 0 Å². The molecule has 0 aromatic heterocycles. The quantitative estimate of drug-likeness (QED) is 0.395. The Morgan fingerprint density at radius 1 is 1.17 bits per heavy atom. The highest BCUT2D eigenvalue weighted by Gasteiger charge is 2.25. The van der Waals surface area contributed by atoms with E-state index in [0.717, 1.165) is 14.8 Å². The Labute approximate surface area is 158 Å². The summed E-state index contributed by atoms with van der Waals surface area (Å²) in [6, 6.07) is 13.3. The minimum Gasteiger partial charge on any atom is -0.402 e. The largest absolute Gasteiger partial charge is 0.402 e. The van der Waals surface area contributed by atoms with Crippen molar-refractivity contribution in [3.63, 3.8) is 0 Å². The van der Waals surface area contributed by atoms with Crippen LogP contribution in [0, 0.1) is 3.57 Å². The standard InChI is InChI=1S/C18H14ClIN2O2/c1-22(2)13-6-3-11(4-7-13)9-16-18(23)24-17(21-16)14-10-12(20)5-8-15(14)19/h3-10H,1-2H3/b16-9+. The Morgan fingerprint density at radius 3 is 2.54 bits per heavy atom. The van der Waals surface area contributed by atoms with E-state index in [1.807, 2.05) is 55.4 Å². The number of carbonyl (C=O) groups excluding carboxylic acids is 1. The van der Waals surface area contributed by atoms with Gasteiger partial charge in [0.15, 0.2) is 5.70 Å². The number of aliphatic imine (C=N–C) groups is 1. The van der Waals surface area contributed by atoms with Gasteiger partial charge >= 0.3 is 5.97 Å². The first-order chi connectivity index (χ1) is 11.4. The van der Waals surface area contributed by atoms with Crippen molar-refractivity contribution in [2.24, 2.45) is 4.99 Å². The average molecular weight is 453 g/mol. The number of anilines is 1. The zero-order valence-electron chi connectivity index (χ0n) is 13.1. The molecule has 24 heavy (non-hydrogen) atoms. The molecule has 1 aliphatic rings. The maximum absolute atomic E-state index is 12.1. The van der Waals surface area contributed by atoms with Gasteiger partial charge in [0, 0.05) is 23.4 Å². The highest BCUT2D eigenvalue weighted by Crippen LogP contribution is 2.25. The second kappa shape index (κ2) is 6.94. The summed E-state index contributed by atoms with van der Waals surface area (Å²) in [7, 11) is 3.95. The molecule has 1 aliphatic heterocycles. The summed E-state index contributed by atoms with van der Waals surface area (Å²) in [5, 5.41) is 0.499. The molecule has 4 nitrogen and oxygen atoms in total. The minimum atomic E-state index is -0.475. The molecule has 2 aromatic rings. The summed E-state index contributed by atoms with van der Waals surface area (Å²) in [6.45, 7) is 0. The molecule has 3 rings (SSSR count). The molecule has 0 radical (unpaired) electrons. The Kier molecular flexibility index (Phi) is 4.91. The number of hydrogen-bond acceptors (Lipinski definition) is 4. The minimum absolute atomic E-state index is 0.236. The van der Waals surface area contributed by atoms with E-state index in [-0.39, 0.29) is 11.6 Å². The molecular formula is C18H14ClIN2O2. The van der Waals surface area contributed by atoms with Gasteiger partial charge in [0.05, 0.1) is 10.6 Å². The van der Waals surface area contributed by atoms with E-state index in [0.29, 0.717) is 10.6 Å². The van der Waals surface area contributed by atoms with Crippen molar-refractivity contribution in [3.05, 3.63) is 67.9 Å². The first kappa shape index (κ1) is 17.0. The molecule has 0 saturated heterocycles. The van der Waals surface area contributed by atoms with Crippen LogP contribution < -0.4 is 4.90 Å². The highest BCUT2D eigenvalue weighted by molar-refractivity contribution is 14.1. The summed E-state index contributed by atoms with van der Waals surface area (Å²) in [6.07, 6.45) is 1.70. The normalized spacial score (nSPS) is 15.4. The number of benzene rings is 2. The zero-order valence-corrected chi connectivity index (χ0v) is 16.0. The maximum Gasteiger partial charge on any atom is 0.363 e. The second-order valence-electron chi connectivity index (χ2n) is 5.45. The third kappa shape index (κ3) is 3.62.